The lowest BCUT2D eigenvalue weighted by Gasteiger charge is -2.15. The molecule has 126 valence electrons. The van der Waals surface area contributed by atoms with E-state index in [-0.39, 0.29) is 12.5 Å². The van der Waals surface area contributed by atoms with Gasteiger partial charge in [0.15, 0.2) is 6.61 Å². The second-order valence-corrected chi connectivity index (χ2v) is 8.46. The van der Waals surface area contributed by atoms with E-state index in [4.69, 9.17) is 16.3 Å². The maximum Gasteiger partial charge on any atom is 0.258 e. The molecule has 3 nitrogen and oxygen atoms in total. The number of rotatable bonds is 6. The molecule has 1 heterocycles. The van der Waals surface area contributed by atoms with Gasteiger partial charge in [-0.15, -0.1) is 23.5 Å². The van der Waals surface area contributed by atoms with Gasteiger partial charge in [0, 0.05) is 28.6 Å². The van der Waals surface area contributed by atoms with Crippen LogP contribution in [0.25, 0.3) is 0 Å². The number of carbonyl (C=O) groups is 1. The van der Waals surface area contributed by atoms with Crippen molar-refractivity contribution in [3.63, 3.8) is 0 Å². The summed E-state index contributed by atoms with van der Waals surface area (Å²) in [5.74, 6) is 2.98. The molecular formula is C18H18ClNO2S2. The quantitative estimate of drug-likeness (QED) is 0.801. The van der Waals surface area contributed by atoms with Gasteiger partial charge in [-0.05, 0) is 23.8 Å². The van der Waals surface area contributed by atoms with Crippen molar-refractivity contribution in [3.05, 3.63) is 64.7 Å². The van der Waals surface area contributed by atoms with Gasteiger partial charge in [-0.3, -0.25) is 4.79 Å². The number of ether oxygens (including phenoxy) is 1. The van der Waals surface area contributed by atoms with Crippen LogP contribution in [-0.4, -0.2) is 24.0 Å². The summed E-state index contributed by atoms with van der Waals surface area (Å²) in [6, 6.07) is 15.4. The second-order valence-electron chi connectivity index (χ2n) is 5.30. The minimum atomic E-state index is -0.133. The van der Waals surface area contributed by atoms with E-state index < -0.39 is 0 Å². The first kappa shape index (κ1) is 17.5. The molecular weight excluding hydrogens is 362 g/mol. The molecule has 24 heavy (non-hydrogen) atoms. The van der Waals surface area contributed by atoms with Gasteiger partial charge in [0.2, 0.25) is 0 Å². The summed E-state index contributed by atoms with van der Waals surface area (Å²) in [5, 5.41) is 3.55. The highest BCUT2D eigenvalue weighted by Crippen LogP contribution is 2.48. The zero-order valence-corrected chi connectivity index (χ0v) is 15.4. The van der Waals surface area contributed by atoms with E-state index in [9.17, 15) is 4.79 Å². The molecule has 0 bridgehead atoms. The summed E-state index contributed by atoms with van der Waals surface area (Å²) in [6.45, 7) is 0.488. The minimum Gasteiger partial charge on any atom is -0.483 e. The minimum absolute atomic E-state index is 0.0205. The molecule has 1 N–H and O–H groups in total. The fourth-order valence-electron chi connectivity index (χ4n) is 2.34. The Morgan fingerprint density at radius 3 is 2.58 bits per heavy atom. The summed E-state index contributed by atoms with van der Waals surface area (Å²) in [4.78, 5) is 12.0. The number of nitrogens with one attached hydrogen (secondary N) is 1. The lowest BCUT2D eigenvalue weighted by atomic mass is 10.2. The molecule has 1 aliphatic heterocycles. The van der Waals surface area contributed by atoms with Crippen molar-refractivity contribution in [2.45, 2.75) is 11.1 Å². The summed E-state index contributed by atoms with van der Waals surface area (Å²) < 4.78 is 6.16. The predicted molar refractivity (Wildman–Crippen MR) is 103 cm³/mol. The topological polar surface area (TPSA) is 38.3 Å². The lowest BCUT2D eigenvalue weighted by molar-refractivity contribution is -0.123. The van der Waals surface area contributed by atoms with Crippen LogP contribution < -0.4 is 10.1 Å². The molecule has 0 spiro atoms. The zero-order valence-electron chi connectivity index (χ0n) is 13.0. The fraction of sp³-hybridized carbons (Fsp3) is 0.278. The smallest absolute Gasteiger partial charge is 0.258 e. The van der Waals surface area contributed by atoms with Crippen molar-refractivity contribution in [1.82, 2.24) is 5.32 Å². The molecule has 1 fully saturated rings. The molecule has 1 aliphatic rings. The van der Waals surface area contributed by atoms with Crippen LogP contribution in [0.5, 0.6) is 5.75 Å². The molecule has 2 aromatic carbocycles. The Bertz CT molecular complexity index is 688. The van der Waals surface area contributed by atoms with Crippen LogP contribution in [0.4, 0.5) is 0 Å². The molecule has 3 rings (SSSR count). The van der Waals surface area contributed by atoms with Crippen LogP contribution in [0.15, 0.2) is 48.5 Å². The third-order valence-electron chi connectivity index (χ3n) is 3.56. The van der Waals surface area contributed by atoms with Gasteiger partial charge in [-0.25, -0.2) is 0 Å². The first-order chi connectivity index (χ1) is 11.7. The second kappa shape index (κ2) is 8.70. The largest absolute Gasteiger partial charge is 0.483 e. The summed E-state index contributed by atoms with van der Waals surface area (Å²) >= 11 is 9.70. The highest BCUT2D eigenvalue weighted by Gasteiger charge is 2.21. The van der Waals surface area contributed by atoms with Crippen LogP contribution in [0.2, 0.25) is 5.02 Å². The van der Waals surface area contributed by atoms with E-state index in [2.05, 4.69) is 11.4 Å². The number of halogens is 1. The number of benzene rings is 2. The average Bonchev–Trinajstić information content (AvgIpc) is 3.14. The number of hydrogen-bond acceptors (Lipinski definition) is 4. The summed E-state index contributed by atoms with van der Waals surface area (Å²) in [6.07, 6.45) is 0. The first-order valence-electron chi connectivity index (χ1n) is 7.68. The SMILES string of the molecule is O=C(COc1ccccc1C1SCCS1)NCc1ccc(Cl)cc1. The molecule has 1 saturated heterocycles. The molecule has 0 unspecified atom stereocenters. The molecule has 2 aromatic rings. The van der Waals surface area contributed by atoms with Crippen molar-refractivity contribution in [3.8, 4) is 5.75 Å². The van der Waals surface area contributed by atoms with Crippen molar-refractivity contribution < 1.29 is 9.53 Å². The Kier molecular flexibility index (Phi) is 6.35. The van der Waals surface area contributed by atoms with Crippen molar-refractivity contribution >= 4 is 41.0 Å². The molecule has 6 heteroatoms. The molecule has 1 amide bonds. The number of thioether (sulfide) groups is 2. The Hall–Kier alpha value is -1.30. The zero-order chi connectivity index (χ0) is 16.8. The lowest BCUT2D eigenvalue weighted by Crippen LogP contribution is -2.28. The molecule has 0 aliphatic carbocycles. The van der Waals surface area contributed by atoms with Gasteiger partial charge in [0.05, 0.1) is 4.58 Å². The van der Waals surface area contributed by atoms with Crippen LogP contribution in [0.1, 0.15) is 15.7 Å². The Balaban J connectivity index is 1.52. The van der Waals surface area contributed by atoms with Gasteiger partial charge in [0.25, 0.3) is 5.91 Å². The highest BCUT2D eigenvalue weighted by molar-refractivity contribution is 8.19. The van der Waals surface area contributed by atoms with E-state index in [1.54, 1.807) is 0 Å². The van der Waals surface area contributed by atoms with Crippen LogP contribution in [-0.2, 0) is 11.3 Å². The van der Waals surface area contributed by atoms with Crippen molar-refractivity contribution in [2.24, 2.45) is 0 Å². The van der Waals surface area contributed by atoms with E-state index in [1.807, 2.05) is 66.0 Å². The molecule has 0 radical (unpaired) electrons. The van der Waals surface area contributed by atoms with Crippen LogP contribution in [0.3, 0.4) is 0 Å². The Labute approximate surface area is 155 Å². The van der Waals surface area contributed by atoms with E-state index >= 15 is 0 Å². The number of amides is 1. The van der Waals surface area contributed by atoms with E-state index in [1.165, 1.54) is 0 Å². The van der Waals surface area contributed by atoms with Crippen LogP contribution >= 0.6 is 35.1 Å². The van der Waals surface area contributed by atoms with Crippen molar-refractivity contribution in [1.29, 1.82) is 0 Å². The third-order valence-corrected chi connectivity index (χ3v) is 6.88. The molecule has 0 atom stereocenters. The maximum atomic E-state index is 12.0. The van der Waals surface area contributed by atoms with Crippen molar-refractivity contribution in [2.75, 3.05) is 18.1 Å². The standard InChI is InChI=1S/C18H18ClNO2S2/c19-14-7-5-13(6-8-14)11-20-17(21)12-22-16-4-2-1-3-15(16)18-23-9-10-24-18/h1-8,18H,9-12H2,(H,20,21). The fourth-order valence-corrected chi connectivity index (χ4v) is 5.38. The van der Waals surface area contributed by atoms with Gasteiger partial charge in [0.1, 0.15) is 5.75 Å². The average molecular weight is 380 g/mol. The van der Waals surface area contributed by atoms with Crippen LogP contribution in [0, 0.1) is 0 Å². The summed E-state index contributed by atoms with van der Waals surface area (Å²) in [7, 11) is 0. The number of carbonyl (C=O) groups excluding carboxylic acids is 1. The Morgan fingerprint density at radius 2 is 1.83 bits per heavy atom. The van der Waals surface area contributed by atoms with Gasteiger partial charge in [-0.2, -0.15) is 0 Å². The van der Waals surface area contributed by atoms with Gasteiger partial charge < -0.3 is 10.1 Å². The Morgan fingerprint density at radius 1 is 1.12 bits per heavy atom. The van der Waals surface area contributed by atoms with E-state index in [0.717, 1.165) is 28.4 Å². The molecule has 0 saturated carbocycles. The monoisotopic (exact) mass is 379 g/mol. The van der Waals surface area contributed by atoms with Gasteiger partial charge >= 0.3 is 0 Å². The van der Waals surface area contributed by atoms with Gasteiger partial charge in [-0.1, -0.05) is 41.9 Å². The van der Waals surface area contributed by atoms with E-state index in [0.29, 0.717) is 16.1 Å². The first-order valence-corrected chi connectivity index (χ1v) is 10.2. The molecule has 0 aromatic heterocycles. The predicted octanol–water partition coefficient (Wildman–Crippen LogP) is 4.51. The number of para-hydroxylation sites is 1. The normalized spacial score (nSPS) is 14.5. The summed E-state index contributed by atoms with van der Waals surface area (Å²) in [5.41, 5.74) is 2.17. The highest BCUT2D eigenvalue weighted by atomic mass is 35.5. The number of hydrogen-bond donors (Lipinski definition) is 1. The maximum absolute atomic E-state index is 12.0. The third kappa shape index (κ3) is 4.85.